The minimum Gasteiger partial charge on any atom is -0.462 e. The van der Waals surface area contributed by atoms with Crippen LogP contribution in [0.5, 0.6) is 0 Å². The molecule has 0 spiro atoms. The summed E-state index contributed by atoms with van der Waals surface area (Å²) in [6, 6.07) is 0. The van der Waals surface area contributed by atoms with Gasteiger partial charge in [-0.25, -0.2) is 0 Å². The molecule has 0 aromatic rings. The molecule has 0 aromatic heterocycles. The van der Waals surface area contributed by atoms with Gasteiger partial charge < -0.3 is 14.2 Å². The number of carbonyl (C=O) groups excluding carboxylic acids is 3. The van der Waals surface area contributed by atoms with Crippen molar-refractivity contribution in [2.75, 3.05) is 13.2 Å². The molecule has 356 valence electrons. The SMILES string of the molecule is CC/C=C\C/C=C\C/C=C\C/C=C\CCCCCCCCCCC(=O)OCC(COC(=O)CCCCCCCC)OC(=O)CCCCCCCCC/C=C\C/C=C\CCCCC. The summed E-state index contributed by atoms with van der Waals surface area (Å²) < 4.78 is 16.7. The second-order valence-corrected chi connectivity index (χ2v) is 17.1. The molecule has 0 amide bonds. The zero-order valence-electron chi connectivity index (χ0n) is 40.6. The summed E-state index contributed by atoms with van der Waals surface area (Å²) in [5.41, 5.74) is 0. The number of unbranched alkanes of at least 4 members (excludes halogenated alkanes) is 23. The second kappa shape index (κ2) is 50.5. The number of esters is 3. The molecule has 0 aliphatic carbocycles. The van der Waals surface area contributed by atoms with E-state index in [2.05, 4.69) is 93.7 Å². The zero-order valence-corrected chi connectivity index (χ0v) is 40.6. The molecule has 1 unspecified atom stereocenters. The van der Waals surface area contributed by atoms with Crippen LogP contribution in [0.3, 0.4) is 0 Å². The number of rotatable bonds is 46. The molecule has 1 atom stereocenters. The molecule has 0 aliphatic heterocycles. The summed E-state index contributed by atoms with van der Waals surface area (Å²) in [5.74, 6) is -0.906. The Kier molecular flexibility index (Phi) is 47.9. The Balaban J connectivity index is 4.23. The Morgan fingerprint density at radius 1 is 0.339 bits per heavy atom. The van der Waals surface area contributed by atoms with E-state index in [0.717, 1.165) is 103 Å². The summed E-state index contributed by atoms with van der Waals surface area (Å²) in [4.78, 5) is 37.8. The molecule has 0 saturated heterocycles. The van der Waals surface area contributed by atoms with Gasteiger partial charge in [-0.05, 0) is 89.9 Å². The minimum absolute atomic E-state index is 0.0813. The van der Waals surface area contributed by atoms with Gasteiger partial charge in [0.25, 0.3) is 0 Å². The van der Waals surface area contributed by atoms with Crippen LogP contribution in [-0.4, -0.2) is 37.2 Å². The summed E-state index contributed by atoms with van der Waals surface area (Å²) in [6.45, 7) is 6.43. The van der Waals surface area contributed by atoms with Crippen molar-refractivity contribution in [2.24, 2.45) is 0 Å². The third kappa shape index (κ3) is 47.9. The second-order valence-electron chi connectivity index (χ2n) is 17.1. The molecule has 0 aliphatic rings. The summed E-state index contributed by atoms with van der Waals surface area (Å²) in [5, 5.41) is 0. The molecular weight excluding hydrogens is 769 g/mol. The first kappa shape index (κ1) is 58.9. The summed E-state index contributed by atoms with van der Waals surface area (Å²) >= 11 is 0. The molecule has 62 heavy (non-hydrogen) atoms. The smallest absolute Gasteiger partial charge is 0.306 e. The van der Waals surface area contributed by atoms with Crippen LogP contribution in [0.25, 0.3) is 0 Å². The summed E-state index contributed by atoms with van der Waals surface area (Å²) in [6.07, 6.45) is 63.3. The molecule has 0 heterocycles. The number of carbonyl (C=O) groups is 3. The van der Waals surface area contributed by atoms with E-state index >= 15 is 0 Å². The van der Waals surface area contributed by atoms with E-state index in [9.17, 15) is 14.4 Å². The highest BCUT2D eigenvalue weighted by Crippen LogP contribution is 2.14. The van der Waals surface area contributed by atoms with E-state index in [1.54, 1.807) is 0 Å². The molecule has 0 rings (SSSR count). The van der Waals surface area contributed by atoms with Crippen LogP contribution in [0.1, 0.15) is 245 Å². The van der Waals surface area contributed by atoms with Crippen LogP contribution in [0.4, 0.5) is 0 Å². The maximum atomic E-state index is 12.8. The average molecular weight is 865 g/mol. The van der Waals surface area contributed by atoms with Crippen molar-refractivity contribution >= 4 is 17.9 Å². The molecule has 0 aromatic carbocycles. The largest absolute Gasteiger partial charge is 0.462 e. The van der Waals surface area contributed by atoms with Crippen molar-refractivity contribution in [1.29, 1.82) is 0 Å². The minimum atomic E-state index is -0.779. The van der Waals surface area contributed by atoms with Crippen molar-refractivity contribution in [3.8, 4) is 0 Å². The Labute approximate surface area is 382 Å². The lowest BCUT2D eigenvalue weighted by Crippen LogP contribution is -2.30. The Morgan fingerprint density at radius 2 is 0.629 bits per heavy atom. The van der Waals surface area contributed by atoms with Crippen LogP contribution in [0.15, 0.2) is 72.9 Å². The maximum absolute atomic E-state index is 12.8. The Hall–Kier alpha value is -3.15. The monoisotopic (exact) mass is 865 g/mol. The van der Waals surface area contributed by atoms with E-state index in [0.29, 0.717) is 19.3 Å². The molecule has 0 radical (unpaired) electrons. The molecule has 0 fully saturated rings. The highest BCUT2D eigenvalue weighted by molar-refractivity contribution is 5.71. The first-order valence-corrected chi connectivity index (χ1v) is 25.9. The van der Waals surface area contributed by atoms with E-state index in [1.807, 2.05) is 0 Å². The molecule has 0 saturated carbocycles. The van der Waals surface area contributed by atoms with Gasteiger partial charge >= 0.3 is 17.9 Å². The van der Waals surface area contributed by atoms with Gasteiger partial charge in [-0.2, -0.15) is 0 Å². The van der Waals surface area contributed by atoms with Crippen molar-refractivity contribution in [1.82, 2.24) is 0 Å². The van der Waals surface area contributed by atoms with E-state index in [-0.39, 0.29) is 31.1 Å². The van der Waals surface area contributed by atoms with Gasteiger partial charge in [0.1, 0.15) is 13.2 Å². The highest BCUT2D eigenvalue weighted by atomic mass is 16.6. The number of hydrogen-bond donors (Lipinski definition) is 0. The lowest BCUT2D eigenvalue weighted by atomic mass is 10.1. The van der Waals surface area contributed by atoms with Gasteiger partial charge in [0.2, 0.25) is 0 Å². The average Bonchev–Trinajstić information content (AvgIpc) is 3.27. The van der Waals surface area contributed by atoms with Crippen molar-refractivity contribution in [3.63, 3.8) is 0 Å². The normalized spacial score (nSPS) is 12.6. The highest BCUT2D eigenvalue weighted by Gasteiger charge is 2.19. The van der Waals surface area contributed by atoms with Gasteiger partial charge in [0, 0.05) is 19.3 Å². The van der Waals surface area contributed by atoms with E-state index in [1.165, 1.54) is 103 Å². The molecular formula is C56H96O6. The fourth-order valence-corrected chi connectivity index (χ4v) is 7.05. The van der Waals surface area contributed by atoms with E-state index < -0.39 is 6.10 Å². The Morgan fingerprint density at radius 3 is 1.02 bits per heavy atom. The van der Waals surface area contributed by atoms with Gasteiger partial charge in [0.05, 0.1) is 0 Å². The first-order valence-electron chi connectivity index (χ1n) is 25.9. The van der Waals surface area contributed by atoms with Gasteiger partial charge in [-0.1, -0.05) is 209 Å². The van der Waals surface area contributed by atoms with Gasteiger partial charge in [-0.3, -0.25) is 14.4 Å². The van der Waals surface area contributed by atoms with Crippen molar-refractivity contribution in [2.45, 2.75) is 252 Å². The molecule has 6 heteroatoms. The number of hydrogen-bond acceptors (Lipinski definition) is 6. The fraction of sp³-hybridized carbons (Fsp3) is 0.732. The van der Waals surface area contributed by atoms with Crippen LogP contribution < -0.4 is 0 Å². The first-order chi connectivity index (χ1) is 30.5. The number of allylic oxidation sites excluding steroid dienone is 12. The van der Waals surface area contributed by atoms with Crippen LogP contribution in [0, 0.1) is 0 Å². The quantitative estimate of drug-likeness (QED) is 0.0262. The predicted octanol–water partition coefficient (Wildman–Crippen LogP) is 17.0. The molecule has 6 nitrogen and oxygen atoms in total. The van der Waals surface area contributed by atoms with Crippen LogP contribution in [0.2, 0.25) is 0 Å². The third-order valence-electron chi connectivity index (χ3n) is 10.9. The number of ether oxygens (including phenoxy) is 3. The van der Waals surface area contributed by atoms with Gasteiger partial charge in [0.15, 0.2) is 6.10 Å². The topological polar surface area (TPSA) is 78.9 Å². The van der Waals surface area contributed by atoms with Crippen LogP contribution in [-0.2, 0) is 28.6 Å². The van der Waals surface area contributed by atoms with Crippen molar-refractivity contribution in [3.05, 3.63) is 72.9 Å². The predicted molar refractivity (Wildman–Crippen MR) is 265 cm³/mol. The Bertz CT molecular complexity index is 1180. The maximum Gasteiger partial charge on any atom is 0.306 e. The fourth-order valence-electron chi connectivity index (χ4n) is 7.05. The molecule has 0 bridgehead atoms. The third-order valence-corrected chi connectivity index (χ3v) is 10.9. The van der Waals surface area contributed by atoms with Gasteiger partial charge in [-0.15, -0.1) is 0 Å². The standard InChI is InChI=1S/C56H96O6/c1-4-7-10-13-16-18-20-22-24-26-27-28-29-31-32-34-36-38-40-43-46-49-55(58)61-52-53(51-60-54(57)48-45-42-15-12-9-6-3)62-56(59)50-47-44-41-39-37-35-33-30-25-23-21-19-17-14-11-8-5-2/h7,10,16-19,22-25,27-28,53H,4-6,8-9,11-15,20-21,26,29-52H2,1-3H3/b10-7-,18-16-,19-17-,24-22-,25-23-,28-27-. The lowest BCUT2D eigenvalue weighted by Gasteiger charge is -2.18. The van der Waals surface area contributed by atoms with Crippen LogP contribution >= 0.6 is 0 Å². The zero-order chi connectivity index (χ0) is 45.1. The lowest BCUT2D eigenvalue weighted by molar-refractivity contribution is -0.167. The summed E-state index contributed by atoms with van der Waals surface area (Å²) in [7, 11) is 0. The van der Waals surface area contributed by atoms with Crippen molar-refractivity contribution < 1.29 is 28.6 Å². The van der Waals surface area contributed by atoms with E-state index in [4.69, 9.17) is 14.2 Å². The molecule has 0 N–H and O–H groups in total.